The minimum atomic E-state index is -0.570. The molecule has 0 bridgehead atoms. The van der Waals surface area contributed by atoms with Crippen LogP contribution in [0.25, 0.3) is 27.3 Å². The molecule has 11 rings (SSSR count). The molecule has 65 heavy (non-hydrogen) atoms. The summed E-state index contributed by atoms with van der Waals surface area (Å²) < 4.78 is 1.14. The number of nitrogens with zero attached hydrogens (tertiary/aromatic N) is 1. The summed E-state index contributed by atoms with van der Waals surface area (Å²) in [5.41, 5.74) is 17.3. The van der Waals surface area contributed by atoms with Gasteiger partial charge >= 0.3 is 0 Å². The third-order valence-electron chi connectivity index (χ3n) is 14.1. The quantitative estimate of drug-likeness (QED) is 0.0977. The molecule has 5 aliphatic carbocycles. The van der Waals surface area contributed by atoms with Gasteiger partial charge in [-0.15, -0.1) is 11.3 Å². The molecule has 6 aromatic rings. The molecule has 1 unspecified atom stereocenters. The van der Waals surface area contributed by atoms with Gasteiger partial charge in [-0.1, -0.05) is 211 Å². The first kappa shape index (κ1) is 41.7. The van der Waals surface area contributed by atoms with Crippen LogP contribution in [0.1, 0.15) is 88.8 Å². The summed E-state index contributed by atoms with van der Waals surface area (Å²) in [4.78, 5) is 4.04. The molecular weight excluding hydrogens is 918 g/mol. The molecule has 0 aliphatic heterocycles. The van der Waals surface area contributed by atoms with Crippen molar-refractivity contribution in [1.29, 1.82) is 0 Å². The van der Waals surface area contributed by atoms with Crippen molar-refractivity contribution < 1.29 is 0 Å². The lowest BCUT2D eigenvalue weighted by Crippen LogP contribution is -2.30. The van der Waals surface area contributed by atoms with Gasteiger partial charge in [0.2, 0.25) is 0 Å². The summed E-state index contributed by atoms with van der Waals surface area (Å²) in [6.07, 6.45) is 35.0. The molecule has 5 aromatic carbocycles. The van der Waals surface area contributed by atoms with E-state index in [2.05, 4.69) is 247 Å². The fourth-order valence-corrected chi connectivity index (χ4v) is 13.6. The van der Waals surface area contributed by atoms with Crippen LogP contribution in [0.15, 0.2) is 235 Å². The van der Waals surface area contributed by atoms with E-state index < -0.39 is 5.41 Å². The number of benzene rings is 5. The van der Waals surface area contributed by atoms with Crippen molar-refractivity contribution in [2.45, 2.75) is 60.2 Å². The van der Waals surface area contributed by atoms with Gasteiger partial charge < -0.3 is 4.90 Å². The standard InChI is InChI=1S/C62H52INS/c1-3-56-55(59-57(38-37-54-53-31-19-20-32-58(53)65-60(54)59)62(56,49-27-15-7-16-28-49)50-29-17-8-18-30-50)39-43(2)64(51-35-33-46(34-36-51)44-21-9-4-10-22-44)52-40-47(45-23-11-5-12-24-45)41-61(63,42-52)48-25-13-6-14-26-48/h3-5,7-13,15-19,21-31,33,35-40,42,46H,1,6,14,20,32,34,41H2,2H3/b43-39+/t46?,61-/m0/s1. The van der Waals surface area contributed by atoms with Crippen LogP contribution in [0.4, 0.5) is 0 Å². The van der Waals surface area contributed by atoms with Crippen LogP contribution < -0.4 is 0 Å². The second-order valence-corrected chi connectivity index (χ2v) is 20.9. The molecule has 5 aliphatic rings. The maximum Gasteiger partial charge on any atom is 0.0713 e. The zero-order valence-electron chi connectivity index (χ0n) is 36.9. The van der Waals surface area contributed by atoms with Crippen LogP contribution in [-0.2, 0) is 11.8 Å². The Morgan fingerprint density at radius 1 is 0.754 bits per heavy atom. The van der Waals surface area contributed by atoms with Gasteiger partial charge in [0.15, 0.2) is 0 Å². The topological polar surface area (TPSA) is 3.24 Å². The van der Waals surface area contributed by atoms with E-state index in [1.54, 1.807) is 0 Å². The highest BCUT2D eigenvalue weighted by atomic mass is 127. The molecule has 1 aromatic heterocycles. The lowest BCUT2D eigenvalue weighted by Gasteiger charge is -2.38. The smallest absolute Gasteiger partial charge is 0.0713 e. The normalized spacial score (nSPS) is 21.0. The second kappa shape index (κ2) is 17.4. The van der Waals surface area contributed by atoms with Crippen LogP contribution in [0, 0.1) is 0 Å². The van der Waals surface area contributed by atoms with Crippen LogP contribution in [-0.4, -0.2) is 8.32 Å². The molecule has 318 valence electrons. The largest absolute Gasteiger partial charge is 0.315 e. The number of rotatable bonds is 10. The van der Waals surface area contributed by atoms with E-state index >= 15 is 0 Å². The Morgan fingerprint density at radius 2 is 1.45 bits per heavy atom. The van der Waals surface area contributed by atoms with Gasteiger partial charge in [0.1, 0.15) is 0 Å². The zero-order chi connectivity index (χ0) is 44.0. The Bertz CT molecular complexity index is 3070. The van der Waals surface area contributed by atoms with Gasteiger partial charge in [0.25, 0.3) is 0 Å². The van der Waals surface area contributed by atoms with Gasteiger partial charge in [-0.05, 0) is 125 Å². The first-order chi connectivity index (χ1) is 32.0. The van der Waals surface area contributed by atoms with Crippen molar-refractivity contribution in [3.8, 4) is 0 Å². The summed E-state index contributed by atoms with van der Waals surface area (Å²) in [6.45, 7) is 7.02. The molecule has 3 heteroatoms. The zero-order valence-corrected chi connectivity index (χ0v) is 39.9. The minimum absolute atomic E-state index is 0.231. The van der Waals surface area contributed by atoms with Gasteiger partial charge in [0, 0.05) is 43.5 Å². The Balaban J connectivity index is 1.17. The van der Waals surface area contributed by atoms with Gasteiger partial charge in [0.05, 0.1) is 8.84 Å². The number of alkyl halides is 1. The molecule has 0 fully saturated rings. The molecule has 1 heterocycles. The lowest BCUT2D eigenvalue weighted by molar-refractivity contribution is 0.543. The van der Waals surface area contributed by atoms with Gasteiger partial charge in [-0.2, -0.15) is 0 Å². The molecule has 0 radical (unpaired) electrons. The summed E-state index contributed by atoms with van der Waals surface area (Å²) in [6, 6.07) is 49.1. The molecule has 0 spiro atoms. The number of hydrogen-bond donors (Lipinski definition) is 0. The third kappa shape index (κ3) is 7.28. The van der Waals surface area contributed by atoms with Crippen molar-refractivity contribution >= 4 is 61.2 Å². The predicted octanol–water partition coefficient (Wildman–Crippen LogP) is 16.8. The van der Waals surface area contributed by atoms with Crippen LogP contribution >= 0.6 is 33.9 Å². The highest BCUT2D eigenvalue weighted by Gasteiger charge is 2.47. The van der Waals surface area contributed by atoms with E-state index in [0.29, 0.717) is 5.92 Å². The van der Waals surface area contributed by atoms with Gasteiger partial charge in [-0.25, -0.2) is 0 Å². The number of aryl methyl sites for hydroxylation is 1. The summed E-state index contributed by atoms with van der Waals surface area (Å²) in [5.74, 6) is 0.324. The number of halogens is 1. The fraction of sp³-hybridized carbons (Fsp3) is 0.161. The molecule has 2 atom stereocenters. The number of hydrogen-bond acceptors (Lipinski definition) is 2. The fourth-order valence-electron chi connectivity index (χ4n) is 11.1. The summed E-state index contributed by atoms with van der Waals surface area (Å²) >= 11 is 4.76. The van der Waals surface area contributed by atoms with E-state index in [-0.39, 0.29) is 3.42 Å². The molecule has 0 saturated heterocycles. The van der Waals surface area contributed by atoms with E-state index in [0.717, 1.165) is 38.5 Å². The van der Waals surface area contributed by atoms with Crippen molar-refractivity contribution in [3.63, 3.8) is 0 Å². The highest BCUT2D eigenvalue weighted by Crippen LogP contribution is 2.59. The number of fused-ring (bicyclic) bond motifs is 5. The Morgan fingerprint density at radius 3 is 2.11 bits per heavy atom. The van der Waals surface area contributed by atoms with E-state index in [1.807, 2.05) is 11.3 Å². The highest BCUT2D eigenvalue weighted by molar-refractivity contribution is 14.1. The van der Waals surface area contributed by atoms with Crippen LogP contribution in [0.2, 0.25) is 0 Å². The van der Waals surface area contributed by atoms with Crippen molar-refractivity contribution in [2.75, 3.05) is 0 Å². The van der Waals surface area contributed by atoms with Crippen LogP contribution in [0.5, 0.6) is 0 Å². The van der Waals surface area contributed by atoms with Crippen molar-refractivity contribution in [1.82, 2.24) is 4.90 Å². The average Bonchev–Trinajstić information content (AvgIpc) is 3.89. The summed E-state index contributed by atoms with van der Waals surface area (Å²) in [7, 11) is 0. The summed E-state index contributed by atoms with van der Waals surface area (Å²) in [5, 5.41) is 1.35. The van der Waals surface area contributed by atoms with Crippen molar-refractivity contribution in [2.24, 2.45) is 0 Å². The van der Waals surface area contributed by atoms with Crippen LogP contribution in [0.3, 0.4) is 0 Å². The first-order valence-corrected chi connectivity index (χ1v) is 25.1. The number of thiophene rings is 1. The molecule has 0 saturated carbocycles. The Kier molecular flexibility index (Phi) is 11.2. The molecule has 0 amide bonds. The monoisotopic (exact) mass is 969 g/mol. The maximum atomic E-state index is 4.69. The average molecular weight is 970 g/mol. The third-order valence-corrected chi connectivity index (χ3v) is 16.7. The van der Waals surface area contributed by atoms with E-state index in [1.165, 1.54) is 93.3 Å². The molecule has 0 N–H and O–H groups in total. The second-order valence-electron chi connectivity index (χ2n) is 17.9. The molecular formula is C62H52INS. The van der Waals surface area contributed by atoms with E-state index in [9.17, 15) is 0 Å². The SMILES string of the molecule is C=CC1=C(/C=C(\C)N(C2=CCC(c3ccccc3)C=C2)C2=C[C@](I)(C3=CCCC=C3)CC(c3ccccc3)=C2)c2c(ccc3c4c(sc23)CCC=C4)C1(c1ccccc1)c1ccccc1. The predicted molar refractivity (Wildman–Crippen MR) is 286 cm³/mol. The van der Waals surface area contributed by atoms with Gasteiger partial charge in [-0.3, -0.25) is 0 Å². The Hall–Kier alpha value is -6.01. The maximum absolute atomic E-state index is 4.69. The van der Waals surface area contributed by atoms with Crippen molar-refractivity contribution in [3.05, 3.63) is 279 Å². The Labute approximate surface area is 402 Å². The molecule has 1 nitrogen and oxygen atoms in total. The minimum Gasteiger partial charge on any atom is -0.315 e. The first-order valence-electron chi connectivity index (χ1n) is 23.2. The number of allylic oxidation sites excluding steroid dienone is 16. The lowest BCUT2D eigenvalue weighted by atomic mass is 9.67. The van der Waals surface area contributed by atoms with E-state index in [4.69, 9.17) is 0 Å².